The third-order valence-electron chi connectivity index (χ3n) is 5.73. The Bertz CT molecular complexity index is 1620. The van der Waals surface area contributed by atoms with Crippen LogP contribution in [0.15, 0.2) is 81.6 Å². The van der Waals surface area contributed by atoms with Crippen LogP contribution in [-0.4, -0.2) is 35.5 Å². The van der Waals surface area contributed by atoms with Crippen molar-refractivity contribution in [2.24, 2.45) is 5.10 Å². The second-order valence-corrected chi connectivity index (χ2v) is 9.37. The number of nitrogens with one attached hydrogen (secondary N) is 1. The molecule has 10 heteroatoms. The van der Waals surface area contributed by atoms with Gasteiger partial charge in [-0.2, -0.15) is 9.78 Å². The highest BCUT2D eigenvalue weighted by atomic mass is 79.9. The molecular formula is C29H26BrFN4O4. The Morgan fingerprint density at radius 3 is 2.67 bits per heavy atom. The van der Waals surface area contributed by atoms with Gasteiger partial charge < -0.3 is 14.8 Å². The third-order valence-corrected chi connectivity index (χ3v) is 6.22. The van der Waals surface area contributed by atoms with Crippen LogP contribution < -0.4 is 20.3 Å². The number of allylic oxidation sites excluding steroid dienone is 1. The molecule has 0 bridgehead atoms. The summed E-state index contributed by atoms with van der Waals surface area (Å²) in [4.78, 5) is 30.2. The average molecular weight is 593 g/mol. The van der Waals surface area contributed by atoms with E-state index in [0.29, 0.717) is 57.9 Å². The van der Waals surface area contributed by atoms with Crippen LogP contribution in [0.1, 0.15) is 23.9 Å². The smallest absolute Gasteiger partial charge is 0.282 e. The van der Waals surface area contributed by atoms with Gasteiger partial charge in [0.2, 0.25) is 0 Å². The largest absolute Gasteiger partial charge is 0.493 e. The summed E-state index contributed by atoms with van der Waals surface area (Å²) in [5.41, 5.74) is 2.14. The van der Waals surface area contributed by atoms with Crippen molar-refractivity contribution in [3.63, 3.8) is 0 Å². The summed E-state index contributed by atoms with van der Waals surface area (Å²) in [5, 5.41) is 7.56. The van der Waals surface area contributed by atoms with E-state index in [1.165, 1.54) is 36.1 Å². The zero-order chi connectivity index (χ0) is 27.9. The van der Waals surface area contributed by atoms with E-state index in [2.05, 4.69) is 37.9 Å². The van der Waals surface area contributed by atoms with Gasteiger partial charge in [-0.05, 0) is 66.6 Å². The number of halogens is 2. The Morgan fingerprint density at radius 1 is 1.21 bits per heavy atom. The first kappa shape index (κ1) is 27.7. The van der Waals surface area contributed by atoms with Crippen LogP contribution in [0.3, 0.4) is 0 Å². The molecule has 0 aliphatic rings. The van der Waals surface area contributed by atoms with Crippen LogP contribution in [0.4, 0.5) is 10.1 Å². The van der Waals surface area contributed by atoms with Gasteiger partial charge in [-0.3, -0.25) is 9.59 Å². The van der Waals surface area contributed by atoms with Crippen molar-refractivity contribution in [1.29, 1.82) is 0 Å². The van der Waals surface area contributed by atoms with E-state index in [-0.39, 0.29) is 12.2 Å². The molecule has 0 atom stereocenters. The molecule has 0 fully saturated rings. The number of anilines is 1. The fourth-order valence-electron chi connectivity index (χ4n) is 3.92. The molecule has 1 aromatic heterocycles. The molecule has 0 unspecified atom stereocenters. The van der Waals surface area contributed by atoms with Crippen molar-refractivity contribution >= 4 is 44.6 Å². The molecule has 0 aliphatic carbocycles. The number of hydrogen-bond donors (Lipinski definition) is 1. The SMILES string of the molecule is C=CCc1cc(C=Nn2c(CC)nc3ccc(Br)cc3c2=O)cc(OC)c1OCC(=O)Nc1ccc(F)cc1. The average Bonchev–Trinajstić information content (AvgIpc) is 2.93. The normalized spacial score (nSPS) is 11.1. The molecule has 1 amide bonds. The third kappa shape index (κ3) is 6.58. The van der Waals surface area contributed by atoms with E-state index in [1.807, 2.05) is 19.1 Å². The Kier molecular flexibility index (Phi) is 8.88. The molecule has 3 aromatic carbocycles. The van der Waals surface area contributed by atoms with E-state index >= 15 is 0 Å². The second-order valence-electron chi connectivity index (χ2n) is 8.45. The summed E-state index contributed by atoms with van der Waals surface area (Å²) in [6, 6.07) is 14.3. The molecule has 0 aliphatic heterocycles. The van der Waals surface area contributed by atoms with Gasteiger partial charge in [0.1, 0.15) is 11.6 Å². The number of nitrogens with zero attached hydrogens (tertiary/aromatic N) is 3. The molecule has 0 saturated carbocycles. The molecule has 4 rings (SSSR count). The van der Waals surface area contributed by atoms with Crippen molar-refractivity contribution in [1.82, 2.24) is 9.66 Å². The van der Waals surface area contributed by atoms with Crippen LogP contribution in [0, 0.1) is 5.82 Å². The number of hydrogen-bond acceptors (Lipinski definition) is 6. The highest BCUT2D eigenvalue weighted by Crippen LogP contribution is 2.33. The number of aromatic nitrogens is 2. The standard InChI is InChI=1S/C29H26BrFN4O4/c1-4-6-19-13-18(16-32-35-26(5-2)34-24-12-7-20(30)15-23(24)29(35)37)14-25(38-3)28(19)39-17-27(36)33-22-10-8-21(31)9-11-22/h4,7-16H,1,5-6,17H2,2-3H3,(H,33,36). The minimum absolute atomic E-state index is 0.278. The Balaban J connectivity index is 1.62. The zero-order valence-electron chi connectivity index (χ0n) is 21.4. The van der Waals surface area contributed by atoms with Gasteiger partial charge in [0.05, 0.1) is 24.2 Å². The van der Waals surface area contributed by atoms with Gasteiger partial charge in [0.25, 0.3) is 11.5 Å². The summed E-state index contributed by atoms with van der Waals surface area (Å²) in [5.74, 6) is 0.478. The maximum Gasteiger partial charge on any atom is 0.282 e. The Morgan fingerprint density at radius 2 is 1.97 bits per heavy atom. The lowest BCUT2D eigenvalue weighted by atomic mass is 10.1. The molecule has 1 heterocycles. The number of fused-ring (bicyclic) bond motifs is 1. The molecule has 8 nitrogen and oxygen atoms in total. The van der Waals surface area contributed by atoms with Gasteiger partial charge >= 0.3 is 0 Å². The molecule has 0 radical (unpaired) electrons. The quantitative estimate of drug-likeness (QED) is 0.194. The van der Waals surface area contributed by atoms with Gasteiger partial charge in [0.15, 0.2) is 18.1 Å². The number of benzene rings is 3. The maximum absolute atomic E-state index is 13.2. The van der Waals surface area contributed by atoms with Crippen LogP contribution in [-0.2, 0) is 17.6 Å². The molecule has 200 valence electrons. The minimum Gasteiger partial charge on any atom is -0.493 e. The van der Waals surface area contributed by atoms with Crippen LogP contribution in [0.5, 0.6) is 11.5 Å². The zero-order valence-corrected chi connectivity index (χ0v) is 23.0. The number of methoxy groups -OCH3 is 1. The number of carbonyl (C=O) groups excluding carboxylic acids is 1. The van der Waals surface area contributed by atoms with Crippen molar-refractivity contribution in [3.05, 3.63) is 105 Å². The fourth-order valence-corrected chi connectivity index (χ4v) is 4.28. The van der Waals surface area contributed by atoms with E-state index in [4.69, 9.17) is 9.47 Å². The van der Waals surface area contributed by atoms with Gasteiger partial charge in [-0.1, -0.05) is 28.9 Å². The number of amides is 1. The van der Waals surface area contributed by atoms with Crippen molar-refractivity contribution in [2.45, 2.75) is 19.8 Å². The molecule has 39 heavy (non-hydrogen) atoms. The topological polar surface area (TPSA) is 94.8 Å². The van der Waals surface area contributed by atoms with Crippen molar-refractivity contribution < 1.29 is 18.7 Å². The predicted molar refractivity (Wildman–Crippen MR) is 153 cm³/mol. The summed E-state index contributed by atoms with van der Waals surface area (Å²) in [7, 11) is 1.49. The van der Waals surface area contributed by atoms with Gasteiger partial charge in [0, 0.05) is 22.1 Å². The minimum atomic E-state index is -0.416. The molecular weight excluding hydrogens is 567 g/mol. The highest BCUT2D eigenvalue weighted by Gasteiger charge is 2.15. The number of ether oxygens (including phenoxy) is 2. The lowest BCUT2D eigenvalue weighted by molar-refractivity contribution is -0.118. The maximum atomic E-state index is 13.2. The number of carbonyl (C=O) groups is 1. The van der Waals surface area contributed by atoms with E-state index in [1.54, 1.807) is 30.5 Å². The number of aryl methyl sites for hydroxylation is 1. The molecule has 0 spiro atoms. The van der Waals surface area contributed by atoms with Crippen LogP contribution in [0.25, 0.3) is 10.9 Å². The van der Waals surface area contributed by atoms with Crippen molar-refractivity contribution in [2.75, 3.05) is 19.0 Å². The lowest BCUT2D eigenvalue weighted by Crippen LogP contribution is -2.22. The summed E-state index contributed by atoms with van der Waals surface area (Å²) >= 11 is 3.40. The first-order valence-corrected chi connectivity index (χ1v) is 12.9. The summed E-state index contributed by atoms with van der Waals surface area (Å²) in [6.45, 7) is 5.42. The summed E-state index contributed by atoms with van der Waals surface area (Å²) in [6.07, 6.45) is 4.19. The van der Waals surface area contributed by atoms with E-state index in [0.717, 1.165) is 4.47 Å². The number of rotatable bonds is 10. The molecule has 0 saturated heterocycles. The van der Waals surface area contributed by atoms with Crippen molar-refractivity contribution in [3.8, 4) is 11.5 Å². The first-order valence-electron chi connectivity index (χ1n) is 12.1. The van der Waals surface area contributed by atoms with E-state index < -0.39 is 11.7 Å². The fraction of sp³-hybridized carbons (Fsp3) is 0.172. The Hall–Kier alpha value is -4.31. The second kappa shape index (κ2) is 12.5. The van der Waals surface area contributed by atoms with E-state index in [9.17, 15) is 14.0 Å². The van der Waals surface area contributed by atoms with Gasteiger partial charge in [-0.25, -0.2) is 9.37 Å². The van der Waals surface area contributed by atoms with Crippen LogP contribution in [0.2, 0.25) is 0 Å². The molecule has 1 N–H and O–H groups in total. The lowest BCUT2D eigenvalue weighted by Gasteiger charge is -2.16. The summed E-state index contributed by atoms with van der Waals surface area (Å²) < 4.78 is 26.6. The van der Waals surface area contributed by atoms with Gasteiger partial charge in [-0.15, -0.1) is 6.58 Å². The Labute approximate surface area is 232 Å². The predicted octanol–water partition coefficient (Wildman–Crippen LogP) is 5.50. The highest BCUT2D eigenvalue weighted by molar-refractivity contribution is 9.10. The monoisotopic (exact) mass is 592 g/mol. The van der Waals surface area contributed by atoms with Crippen LogP contribution >= 0.6 is 15.9 Å². The first-order chi connectivity index (χ1) is 18.8. The molecule has 4 aromatic rings.